The lowest BCUT2D eigenvalue weighted by Gasteiger charge is -2.06. The van der Waals surface area contributed by atoms with Crippen LogP contribution in [0.5, 0.6) is 0 Å². The van der Waals surface area contributed by atoms with E-state index in [4.69, 9.17) is 11.6 Å². The second-order valence-electron chi connectivity index (χ2n) is 2.71. The molecule has 0 bridgehead atoms. The second kappa shape index (κ2) is 3.71. The van der Waals surface area contributed by atoms with Crippen molar-refractivity contribution >= 4 is 11.6 Å². The van der Waals surface area contributed by atoms with Crippen LogP contribution in [0, 0.1) is 0 Å². The molecular weight excluding hydrogens is 247 g/mol. The van der Waals surface area contributed by atoms with Crippen molar-refractivity contribution in [3.8, 4) is 5.82 Å². The highest BCUT2D eigenvalue weighted by Crippen LogP contribution is 2.27. The van der Waals surface area contributed by atoms with Crippen LogP contribution in [0.2, 0.25) is 5.15 Å². The highest BCUT2D eigenvalue weighted by molar-refractivity contribution is 6.29. The summed E-state index contributed by atoms with van der Waals surface area (Å²) in [7, 11) is 0. The monoisotopic (exact) mass is 249 g/mol. The molecule has 0 aliphatic heterocycles. The summed E-state index contributed by atoms with van der Waals surface area (Å²) in [5.74, 6) is -1.41. The van der Waals surface area contributed by atoms with Crippen molar-refractivity contribution in [3.63, 3.8) is 0 Å². The fourth-order valence-corrected chi connectivity index (χ4v) is 1.15. The summed E-state index contributed by atoms with van der Waals surface area (Å²) in [4.78, 5) is 9.96. The molecule has 2 rings (SSSR count). The van der Waals surface area contributed by atoms with Gasteiger partial charge in [0, 0.05) is 6.07 Å². The standard InChI is InChI=1S/C7H3ClF3N5/c8-4-1-5(16-3-12-2-13-16)15-6(14-4)7(9,10)11/h1-3H. The first-order valence-electron chi connectivity index (χ1n) is 3.93. The molecule has 0 amide bonds. The van der Waals surface area contributed by atoms with Crippen molar-refractivity contribution in [2.75, 3.05) is 0 Å². The van der Waals surface area contributed by atoms with Crippen molar-refractivity contribution in [3.05, 3.63) is 29.7 Å². The molecule has 0 unspecified atom stereocenters. The lowest BCUT2D eigenvalue weighted by atomic mass is 10.5. The van der Waals surface area contributed by atoms with Gasteiger partial charge in [-0.25, -0.2) is 19.6 Å². The Kier molecular flexibility index (Phi) is 2.50. The Morgan fingerprint density at radius 3 is 2.56 bits per heavy atom. The minimum absolute atomic E-state index is 0.0928. The van der Waals surface area contributed by atoms with Crippen LogP contribution < -0.4 is 0 Å². The summed E-state index contributed by atoms with van der Waals surface area (Å²) in [6.07, 6.45) is -2.28. The van der Waals surface area contributed by atoms with Crippen LogP contribution >= 0.6 is 11.6 Å². The molecule has 9 heteroatoms. The summed E-state index contributed by atoms with van der Waals surface area (Å²) in [6.45, 7) is 0. The first-order valence-corrected chi connectivity index (χ1v) is 4.31. The number of rotatable bonds is 1. The highest BCUT2D eigenvalue weighted by atomic mass is 35.5. The molecule has 0 fully saturated rings. The van der Waals surface area contributed by atoms with Crippen LogP contribution in [-0.2, 0) is 6.18 Å². The lowest BCUT2D eigenvalue weighted by Crippen LogP contribution is -2.13. The minimum Gasteiger partial charge on any atom is -0.223 e. The smallest absolute Gasteiger partial charge is 0.223 e. The van der Waals surface area contributed by atoms with E-state index >= 15 is 0 Å². The van der Waals surface area contributed by atoms with E-state index in [2.05, 4.69) is 20.1 Å². The quantitative estimate of drug-likeness (QED) is 0.722. The predicted octanol–water partition coefficient (Wildman–Crippen LogP) is 1.73. The lowest BCUT2D eigenvalue weighted by molar-refractivity contribution is -0.145. The molecule has 0 aromatic carbocycles. The number of hydrogen-bond donors (Lipinski definition) is 0. The van der Waals surface area contributed by atoms with E-state index in [1.807, 2.05) is 0 Å². The largest absolute Gasteiger partial charge is 0.451 e. The molecular formula is C7H3ClF3N5. The van der Waals surface area contributed by atoms with E-state index in [1.165, 1.54) is 12.7 Å². The molecule has 0 radical (unpaired) electrons. The first-order chi connectivity index (χ1) is 7.47. The van der Waals surface area contributed by atoms with Gasteiger partial charge in [0.15, 0.2) is 5.82 Å². The fraction of sp³-hybridized carbons (Fsp3) is 0.143. The first kappa shape index (κ1) is 10.8. The Morgan fingerprint density at radius 2 is 2.00 bits per heavy atom. The summed E-state index contributed by atoms with van der Waals surface area (Å²) >= 11 is 5.46. The highest BCUT2D eigenvalue weighted by Gasteiger charge is 2.35. The van der Waals surface area contributed by atoms with Gasteiger partial charge in [-0.15, -0.1) is 0 Å². The maximum absolute atomic E-state index is 12.4. The molecule has 0 saturated carbocycles. The van der Waals surface area contributed by atoms with Gasteiger partial charge in [0.25, 0.3) is 0 Å². The average Bonchev–Trinajstić information content (AvgIpc) is 2.68. The SMILES string of the molecule is FC(F)(F)c1nc(Cl)cc(-n2cncn2)n1. The summed E-state index contributed by atoms with van der Waals surface area (Å²) in [5.41, 5.74) is 0. The van der Waals surface area contributed by atoms with Crippen molar-refractivity contribution in [1.29, 1.82) is 0 Å². The van der Waals surface area contributed by atoms with E-state index < -0.39 is 12.0 Å². The van der Waals surface area contributed by atoms with Crippen LogP contribution in [0.3, 0.4) is 0 Å². The van der Waals surface area contributed by atoms with Gasteiger partial charge < -0.3 is 0 Å². The topological polar surface area (TPSA) is 56.5 Å². The molecule has 84 valence electrons. The molecule has 2 heterocycles. The minimum atomic E-state index is -4.65. The van der Waals surface area contributed by atoms with Gasteiger partial charge in [-0.2, -0.15) is 18.3 Å². The van der Waals surface area contributed by atoms with Crippen LogP contribution in [-0.4, -0.2) is 24.7 Å². The molecule has 0 saturated heterocycles. The van der Waals surface area contributed by atoms with Gasteiger partial charge in [0.05, 0.1) is 0 Å². The number of aromatic nitrogens is 5. The molecule has 0 spiro atoms. The van der Waals surface area contributed by atoms with Crippen LogP contribution in [0.25, 0.3) is 5.82 Å². The molecule has 5 nitrogen and oxygen atoms in total. The van der Waals surface area contributed by atoms with E-state index in [0.29, 0.717) is 0 Å². The molecule has 0 aliphatic rings. The zero-order valence-electron chi connectivity index (χ0n) is 7.48. The molecule has 0 atom stereocenters. The second-order valence-corrected chi connectivity index (χ2v) is 3.10. The molecule has 2 aromatic rings. The van der Waals surface area contributed by atoms with Crippen molar-refractivity contribution in [1.82, 2.24) is 24.7 Å². The molecule has 0 aliphatic carbocycles. The predicted molar refractivity (Wildman–Crippen MR) is 47.0 cm³/mol. The molecule has 0 N–H and O–H groups in total. The number of hydrogen-bond acceptors (Lipinski definition) is 4. The fourth-order valence-electron chi connectivity index (χ4n) is 0.976. The van der Waals surface area contributed by atoms with E-state index in [1.54, 1.807) is 0 Å². The zero-order valence-corrected chi connectivity index (χ0v) is 8.24. The summed E-state index contributed by atoms with van der Waals surface area (Å²) in [6, 6.07) is 1.16. The summed E-state index contributed by atoms with van der Waals surface area (Å²) in [5, 5.41) is 3.33. The van der Waals surface area contributed by atoms with E-state index in [-0.39, 0.29) is 11.0 Å². The van der Waals surface area contributed by atoms with Gasteiger partial charge in [-0.3, -0.25) is 0 Å². The van der Waals surface area contributed by atoms with Crippen molar-refractivity contribution in [2.24, 2.45) is 0 Å². The Labute approximate surface area is 91.9 Å². The normalized spacial score (nSPS) is 11.8. The van der Waals surface area contributed by atoms with Crippen molar-refractivity contribution in [2.45, 2.75) is 6.18 Å². The Bertz CT molecular complexity index is 495. The average molecular weight is 250 g/mol. The van der Waals surface area contributed by atoms with E-state index in [0.717, 1.165) is 10.7 Å². The molecule has 2 aromatic heterocycles. The Hall–Kier alpha value is -1.70. The third kappa shape index (κ3) is 2.11. The Balaban J connectivity index is 2.53. The van der Waals surface area contributed by atoms with Crippen LogP contribution in [0.1, 0.15) is 5.82 Å². The maximum atomic E-state index is 12.4. The number of halogens is 4. The van der Waals surface area contributed by atoms with Crippen molar-refractivity contribution < 1.29 is 13.2 Å². The van der Waals surface area contributed by atoms with Gasteiger partial charge in [0.1, 0.15) is 17.8 Å². The third-order valence-corrected chi connectivity index (χ3v) is 1.78. The van der Waals surface area contributed by atoms with Crippen LogP contribution in [0.4, 0.5) is 13.2 Å². The van der Waals surface area contributed by atoms with Gasteiger partial charge in [-0.05, 0) is 0 Å². The number of nitrogens with zero attached hydrogens (tertiary/aromatic N) is 5. The van der Waals surface area contributed by atoms with E-state index in [9.17, 15) is 13.2 Å². The number of alkyl halides is 3. The van der Waals surface area contributed by atoms with Gasteiger partial charge in [0.2, 0.25) is 5.82 Å². The van der Waals surface area contributed by atoms with Crippen LogP contribution in [0.15, 0.2) is 18.7 Å². The molecule has 16 heavy (non-hydrogen) atoms. The summed E-state index contributed by atoms with van der Waals surface area (Å²) < 4.78 is 38.1. The zero-order chi connectivity index (χ0) is 11.8. The maximum Gasteiger partial charge on any atom is 0.451 e. The Morgan fingerprint density at radius 1 is 1.25 bits per heavy atom. The third-order valence-electron chi connectivity index (χ3n) is 1.59. The van der Waals surface area contributed by atoms with Gasteiger partial charge >= 0.3 is 6.18 Å². The van der Waals surface area contributed by atoms with Gasteiger partial charge in [-0.1, -0.05) is 11.6 Å².